The van der Waals surface area contributed by atoms with Crippen LogP contribution in [0, 0.1) is 5.92 Å². The molecule has 4 rings (SSSR count). The average Bonchev–Trinajstić information content (AvgIpc) is 3.29. The number of nitrogens with zero attached hydrogens (tertiary/aromatic N) is 4. The van der Waals surface area contributed by atoms with Crippen LogP contribution >= 0.6 is 0 Å². The van der Waals surface area contributed by atoms with Crippen LogP contribution in [0.25, 0.3) is 5.69 Å². The molecule has 1 N–H and O–H groups in total. The van der Waals surface area contributed by atoms with Crippen molar-refractivity contribution < 1.29 is 14.3 Å². The normalized spacial score (nSPS) is 20.1. The van der Waals surface area contributed by atoms with Gasteiger partial charge in [-0.25, -0.2) is 4.68 Å². The molecule has 2 aromatic rings. The standard InChI is InChI=1S/C23H31N5O3/c29-22-7-6-20(18-27(22)11-10-26-12-14-31-15-13-26)23(30)24-9-8-19-16-25-28(17-19)21-4-2-1-3-5-21/h1-5,16-17,20H,6-15,18H2,(H,24,30). The summed E-state index contributed by atoms with van der Waals surface area (Å²) in [5, 5.41) is 7.45. The molecule has 8 nitrogen and oxygen atoms in total. The van der Waals surface area contributed by atoms with Crippen molar-refractivity contribution in [1.82, 2.24) is 24.9 Å². The van der Waals surface area contributed by atoms with Crippen molar-refractivity contribution in [1.29, 1.82) is 0 Å². The molecule has 0 saturated carbocycles. The van der Waals surface area contributed by atoms with Gasteiger partial charge in [0.1, 0.15) is 0 Å². The van der Waals surface area contributed by atoms with E-state index in [0.717, 1.165) is 50.5 Å². The van der Waals surface area contributed by atoms with Gasteiger partial charge in [0, 0.05) is 51.9 Å². The lowest BCUT2D eigenvalue weighted by Gasteiger charge is -2.34. The first-order valence-corrected chi connectivity index (χ1v) is 11.1. The summed E-state index contributed by atoms with van der Waals surface area (Å²) >= 11 is 0. The van der Waals surface area contributed by atoms with Gasteiger partial charge in [-0.05, 0) is 30.5 Å². The Bertz CT molecular complexity index is 863. The molecule has 2 aliphatic heterocycles. The van der Waals surface area contributed by atoms with Crippen LogP contribution in [0.5, 0.6) is 0 Å². The summed E-state index contributed by atoms with van der Waals surface area (Å²) in [6, 6.07) is 9.96. The zero-order valence-electron chi connectivity index (χ0n) is 17.9. The van der Waals surface area contributed by atoms with Gasteiger partial charge in [-0.1, -0.05) is 18.2 Å². The number of amides is 2. The third-order valence-corrected chi connectivity index (χ3v) is 6.03. The quantitative estimate of drug-likeness (QED) is 0.685. The van der Waals surface area contributed by atoms with E-state index in [-0.39, 0.29) is 17.7 Å². The largest absolute Gasteiger partial charge is 0.379 e. The van der Waals surface area contributed by atoms with Crippen molar-refractivity contribution in [2.45, 2.75) is 19.3 Å². The Balaban J connectivity index is 1.21. The maximum Gasteiger partial charge on any atom is 0.224 e. The van der Waals surface area contributed by atoms with Crippen LogP contribution in [0.3, 0.4) is 0 Å². The van der Waals surface area contributed by atoms with Crippen molar-refractivity contribution in [3.8, 4) is 5.69 Å². The minimum atomic E-state index is -0.130. The number of morpholine rings is 1. The first-order valence-electron chi connectivity index (χ1n) is 11.1. The maximum atomic E-state index is 12.7. The SMILES string of the molecule is O=C(NCCc1cnn(-c2ccccc2)c1)C1CCC(=O)N(CCN2CCOCC2)C1. The number of ether oxygens (including phenoxy) is 1. The molecule has 31 heavy (non-hydrogen) atoms. The zero-order valence-corrected chi connectivity index (χ0v) is 17.9. The van der Waals surface area contributed by atoms with Crippen LogP contribution in [-0.4, -0.2) is 83.9 Å². The van der Waals surface area contributed by atoms with Gasteiger partial charge in [-0.15, -0.1) is 0 Å². The number of hydrogen-bond donors (Lipinski definition) is 1. The molecule has 0 aliphatic carbocycles. The monoisotopic (exact) mass is 425 g/mol. The number of hydrogen-bond acceptors (Lipinski definition) is 5. The Morgan fingerprint density at radius 1 is 1.16 bits per heavy atom. The topological polar surface area (TPSA) is 79.7 Å². The van der Waals surface area contributed by atoms with Crippen LogP contribution in [0.15, 0.2) is 42.7 Å². The second kappa shape index (κ2) is 10.5. The Hall–Kier alpha value is -2.71. The molecule has 2 saturated heterocycles. The van der Waals surface area contributed by atoms with Gasteiger partial charge < -0.3 is 15.0 Å². The lowest BCUT2D eigenvalue weighted by Crippen LogP contribution is -2.49. The second-order valence-electron chi connectivity index (χ2n) is 8.20. The van der Waals surface area contributed by atoms with Gasteiger partial charge in [-0.2, -0.15) is 5.10 Å². The van der Waals surface area contributed by atoms with E-state index in [9.17, 15) is 9.59 Å². The van der Waals surface area contributed by atoms with Crippen molar-refractivity contribution in [2.24, 2.45) is 5.92 Å². The molecule has 0 spiro atoms. The predicted octanol–water partition coefficient (Wildman–Crippen LogP) is 1.10. The summed E-state index contributed by atoms with van der Waals surface area (Å²) < 4.78 is 7.22. The van der Waals surface area contributed by atoms with E-state index in [1.54, 1.807) is 0 Å². The molecule has 2 aliphatic rings. The molecule has 8 heteroatoms. The average molecular weight is 426 g/mol. The Morgan fingerprint density at radius 2 is 1.97 bits per heavy atom. The van der Waals surface area contributed by atoms with Crippen LogP contribution in [0.2, 0.25) is 0 Å². The fraction of sp³-hybridized carbons (Fsp3) is 0.522. The Kier molecular flexibility index (Phi) is 7.32. The third-order valence-electron chi connectivity index (χ3n) is 6.03. The number of likely N-dealkylation sites (tertiary alicyclic amines) is 1. The van der Waals surface area contributed by atoms with Gasteiger partial charge >= 0.3 is 0 Å². The van der Waals surface area contributed by atoms with E-state index < -0.39 is 0 Å². The number of rotatable bonds is 8. The van der Waals surface area contributed by atoms with Gasteiger partial charge in [0.15, 0.2) is 0 Å². The molecule has 1 unspecified atom stereocenters. The van der Waals surface area contributed by atoms with Gasteiger partial charge in [0.2, 0.25) is 11.8 Å². The summed E-state index contributed by atoms with van der Waals surface area (Å²) in [7, 11) is 0. The summed E-state index contributed by atoms with van der Waals surface area (Å²) in [5.41, 5.74) is 2.09. The fourth-order valence-corrected chi connectivity index (χ4v) is 4.12. The first-order chi connectivity index (χ1) is 15.2. The number of carbonyl (C=O) groups is 2. The van der Waals surface area contributed by atoms with Crippen molar-refractivity contribution in [2.75, 3.05) is 52.5 Å². The lowest BCUT2D eigenvalue weighted by atomic mass is 9.96. The molecule has 1 atom stereocenters. The van der Waals surface area contributed by atoms with Crippen LogP contribution < -0.4 is 5.32 Å². The van der Waals surface area contributed by atoms with E-state index in [1.165, 1.54) is 0 Å². The van der Waals surface area contributed by atoms with E-state index in [2.05, 4.69) is 15.3 Å². The number of benzene rings is 1. The van der Waals surface area contributed by atoms with Crippen molar-refractivity contribution >= 4 is 11.8 Å². The van der Waals surface area contributed by atoms with Gasteiger partial charge in [0.05, 0.1) is 31.0 Å². The highest BCUT2D eigenvalue weighted by molar-refractivity contribution is 5.83. The molecule has 0 bridgehead atoms. The van der Waals surface area contributed by atoms with E-state index >= 15 is 0 Å². The minimum Gasteiger partial charge on any atom is -0.379 e. The molecule has 2 fully saturated rings. The molecule has 166 valence electrons. The first kappa shape index (κ1) is 21.5. The van der Waals surface area contributed by atoms with E-state index in [0.29, 0.717) is 32.5 Å². The van der Waals surface area contributed by atoms with E-state index in [1.807, 2.05) is 52.3 Å². The maximum absolute atomic E-state index is 12.7. The lowest BCUT2D eigenvalue weighted by molar-refractivity contribution is -0.138. The molecule has 1 aromatic carbocycles. The van der Waals surface area contributed by atoms with Crippen LogP contribution in [-0.2, 0) is 20.7 Å². The van der Waals surface area contributed by atoms with Gasteiger partial charge in [-0.3, -0.25) is 14.5 Å². The van der Waals surface area contributed by atoms with Gasteiger partial charge in [0.25, 0.3) is 0 Å². The Morgan fingerprint density at radius 3 is 2.77 bits per heavy atom. The summed E-state index contributed by atoms with van der Waals surface area (Å²) in [6.07, 6.45) is 5.64. The molecular formula is C23H31N5O3. The Labute approximate surface area is 183 Å². The summed E-state index contributed by atoms with van der Waals surface area (Å²) in [5.74, 6) is 0.0689. The molecular weight excluding hydrogens is 394 g/mol. The molecule has 0 radical (unpaired) electrons. The zero-order chi connectivity index (χ0) is 21.5. The van der Waals surface area contributed by atoms with Crippen molar-refractivity contribution in [3.05, 3.63) is 48.3 Å². The second-order valence-corrected chi connectivity index (χ2v) is 8.20. The third kappa shape index (κ3) is 5.92. The van der Waals surface area contributed by atoms with Crippen LogP contribution in [0.4, 0.5) is 0 Å². The number of para-hydroxylation sites is 1. The number of carbonyl (C=O) groups excluding carboxylic acids is 2. The summed E-state index contributed by atoms with van der Waals surface area (Å²) in [4.78, 5) is 29.1. The van der Waals surface area contributed by atoms with Crippen molar-refractivity contribution in [3.63, 3.8) is 0 Å². The predicted molar refractivity (Wildman–Crippen MR) is 117 cm³/mol. The molecule has 1 aromatic heterocycles. The highest BCUT2D eigenvalue weighted by Crippen LogP contribution is 2.18. The smallest absolute Gasteiger partial charge is 0.224 e. The van der Waals surface area contributed by atoms with E-state index in [4.69, 9.17) is 4.74 Å². The molecule has 3 heterocycles. The number of nitrogens with one attached hydrogen (secondary N) is 1. The number of piperidine rings is 1. The highest BCUT2D eigenvalue weighted by Gasteiger charge is 2.30. The number of aromatic nitrogens is 2. The highest BCUT2D eigenvalue weighted by atomic mass is 16.5. The minimum absolute atomic E-state index is 0.0410. The molecule has 2 amide bonds. The van der Waals surface area contributed by atoms with Crippen LogP contribution in [0.1, 0.15) is 18.4 Å². The fourth-order valence-electron chi connectivity index (χ4n) is 4.12. The summed E-state index contributed by atoms with van der Waals surface area (Å²) in [6.45, 7) is 5.93.